The number of hydrogen-bond donors (Lipinski definition) is 0. The molecule has 0 fully saturated rings. The van der Waals surface area contributed by atoms with Crippen LogP contribution in [0.3, 0.4) is 0 Å². The van der Waals surface area contributed by atoms with Crippen LogP contribution in [0.2, 0.25) is 0 Å². The largest absolute Gasteiger partial charge is 0.127 e. The second-order valence-corrected chi connectivity index (χ2v) is 7.34. The third kappa shape index (κ3) is 8.31. The zero-order chi connectivity index (χ0) is 13.1. The molecule has 18 heavy (non-hydrogen) atoms. The molecule has 0 nitrogen and oxygen atoms in total. The monoisotopic (exact) mass is 329 g/mol. The topological polar surface area (TPSA) is 0 Å². The van der Waals surface area contributed by atoms with Crippen LogP contribution in [0, 0.1) is 5.38 Å². The van der Waals surface area contributed by atoms with Gasteiger partial charge in [0.25, 0.3) is 0 Å². The number of thiophene rings is 1. The molecule has 0 saturated heterocycles. The lowest BCUT2D eigenvalue weighted by Crippen LogP contribution is -1.84. The SMILES string of the molecule is CCCCCCCCCCCCc1[c]sc(Br)c1. The average Bonchev–Trinajstić information content (AvgIpc) is 2.77. The van der Waals surface area contributed by atoms with E-state index in [0.717, 1.165) is 0 Å². The molecule has 0 atom stereocenters. The summed E-state index contributed by atoms with van der Waals surface area (Å²) in [5.41, 5.74) is 1.38. The molecule has 0 aliphatic carbocycles. The van der Waals surface area contributed by atoms with Crippen LogP contribution in [-0.2, 0) is 6.42 Å². The van der Waals surface area contributed by atoms with E-state index in [1.165, 1.54) is 80.0 Å². The van der Waals surface area contributed by atoms with Crippen molar-refractivity contribution in [3.8, 4) is 0 Å². The zero-order valence-corrected chi connectivity index (χ0v) is 14.0. The first-order valence-corrected chi connectivity index (χ1v) is 9.09. The van der Waals surface area contributed by atoms with Crippen molar-refractivity contribution in [2.24, 2.45) is 0 Å². The molecule has 0 amide bonds. The number of unbranched alkanes of at least 4 members (excludes halogenated alkanes) is 9. The standard InChI is InChI=1S/C16H26BrS/c1-2-3-4-5-6-7-8-9-10-11-12-15-13-16(17)18-14-15/h13H,2-12H2,1H3. The molecule has 0 N–H and O–H groups in total. The Hall–Kier alpha value is 0.180. The number of hydrogen-bond acceptors (Lipinski definition) is 1. The molecule has 0 saturated carbocycles. The van der Waals surface area contributed by atoms with E-state index in [1.807, 2.05) is 0 Å². The first kappa shape index (κ1) is 16.2. The van der Waals surface area contributed by atoms with Crippen LogP contribution in [0.25, 0.3) is 0 Å². The molecule has 0 aromatic carbocycles. The molecule has 1 aromatic heterocycles. The summed E-state index contributed by atoms with van der Waals surface area (Å²) >= 11 is 5.17. The molecule has 1 radical (unpaired) electrons. The minimum absolute atomic E-state index is 1.21. The summed E-state index contributed by atoms with van der Waals surface area (Å²) in [6, 6.07) is 2.21. The van der Waals surface area contributed by atoms with Crippen LogP contribution in [0.5, 0.6) is 0 Å². The summed E-state index contributed by atoms with van der Waals surface area (Å²) in [5.74, 6) is 0. The number of aryl methyl sites for hydroxylation is 1. The first-order valence-electron chi connectivity index (χ1n) is 7.49. The second kappa shape index (κ2) is 11.0. The highest BCUT2D eigenvalue weighted by atomic mass is 79.9. The molecule has 0 aliphatic heterocycles. The number of halogens is 1. The van der Waals surface area contributed by atoms with Gasteiger partial charge in [-0.15, -0.1) is 11.3 Å². The van der Waals surface area contributed by atoms with E-state index >= 15 is 0 Å². The van der Waals surface area contributed by atoms with Crippen molar-refractivity contribution < 1.29 is 0 Å². The Bertz CT molecular complexity index is 293. The van der Waals surface area contributed by atoms with Crippen molar-refractivity contribution in [2.75, 3.05) is 0 Å². The Morgan fingerprint density at radius 3 is 2.00 bits per heavy atom. The third-order valence-electron chi connectivity index (χ3n) is 3.37. The fourth-order valence-electron chi connectivity index (χ4n) is 2.24. The molecule has 0 aliphatic rings. The Balaban J connectivity index is 1.81. The van der Waals surface area contributed by atoms with Gasteiger partial charge in [-0.05, 0) is 40.4 Å². The summed E-state index contributed by atoms with van der Waals surface area (Å²) in [6.45, 7) is 2.28. The highest BCUT2D eigenvalue weighted by Gasteiger charge is 1.98. The molecule has 0 spiro atoms. The van der Waals surface area contributed by atoms with Crippen molar-refractivity contribution in [1.29, 1.82) is 0 Å². The molecule has 1 aromatic rings. The van der Waals surface area contributed by atoms with Gasteiger partial charge in [0.1, 0.15) is 0 Å². The maximum atomic E-state index is 3.49. The maximum Gasteiger partial charge on any atom is 0.0708 e. The summed E-state index contributed by atoms with van der Waals surface area (Å²) in [4.78, 5) is 0. The van der Waals surface area contributed by atoms with Gasteiger partial charge in [0.05, 0.1) is 3.79 Å². The lowest BCUT2D eigenvalue weighted by molar-refractivity contribution is 0.556. The van der Waals surface area contributed by atoms with Crippen LogP contribution < -0.4 is 0 Å². The van der Waals surface area contributed by atoms with Gasteiger partial charge in [-0.25, -0.2) is 0 Å². The highest BCUT2D eigenvalue weighted by Crippen LogP contribution is 2.21. The van der Waals surface area contributed by atoms with Crippen molar-refractivity contribution in [2.45, 2.75) is 77.6 Å². The Kier molecular flexibility index (Phi) is 9.96. The predicted molar refractivity (Wildman–Crippen MR) is 86.4 cm³/mol. The summed E-state index contributed by atoms with van der Waals surface area (Å²) in [5, 5.41) is 3.33. The van der Waals surface area contributed by atoms with Crippen LogP contribution in [0.4, 0.5) is 0 Å². The maximum absolute atomic E-state index is 3.49. The fraction of sp³-hybridized carbons (Fsp3) is 0.750. The molecular formula is C16H26BrS. The highest BCUT2D eigenvalue weighted by molar-refractivity contribution is 9.11. The molecule has 0 bridgehead atoms. The van der Waals surface area contributed by atoms with Gasteiger partial charge in [0.2, 0.25) is 0 Å². The quantitative estimate of drug-likeness (QED) is 0.393. The van der Waals surface area contributed by atoms with E-state index in [9.17, 15) is 0 Å². The van der Waals surface area contributed by atoms with E-state index < -0.39 is 0 Å². The Labute approximate surface area is 125 Å². The minimum Gasteiger partial charge on any atom is -0.127 e. The van der Waals surface area contributed by atoms with E-state index in [0.29, 0.717) is 0 Å². The second-order valence-electron chi connectivity index (χ2n) is 5.11. The van der Waals surface area contributed by atoms with Crippen molar-refractivity contribution in [3.63, 3.8) is 0 Å². The average molecular weight is 330 g/mol. The van der Waals surface area contributed by atoms with Gasteiger partial charge in [-0.3, -0.25) is 0 Å². The smallest absolute Gasteiger partial charge is 0.0708 e. The van der Waals surface area contributed by atoms with Crippen molar-refractivity contribution in [3.05, 3.63) is 20.8 Å². The van der Waals surface area contributed by atoms with Gasteiger partial charge in [0, 0.05) is 5.38 Å². The summed E-state index contributed by atoms with van der Waals surface area (Å²) < 4.78 is 1.21. The van der Waals surface area contributed by atoms with Crippen molar-refractivity contribution >= 4 is 27.3 Å². The lowest BCUT2D eigenvalue weighted by atomic mass is 10.0. The number of rotatable bonds is 11. The fourth-order valence-corrected chi connectivity index (χ4v) is 3.35. The minimum atomic E-state index is 1.21. The lowest BCUT2D eigenvalue weighted by Gasteiger charge is -2.01. The molecule has 2 heteroatoms. The normalized spacial score (nSPS) is 11.0. The van der Waals surface area contributed by atoms with Crippen LogP contribution in [-0.4, -0.2) is 0 Å². The van der Waals surface area contributed by atoms with E-state index in [4.69, 9.17) is 0 Å². The van der Waals surface area contributed by atoms with Crippen molar-refractivity contribution in [1.82, 2.24) is 0 Å². The van der Waals surface area contributed by atoms with E-state index in [1.54, 1.807) is 11.3 Å². The summed E-state index contributed by atoms with van der Waals surface area (Å²) in [7, 11) is 0. The van der Waals surface area contributed by atoms with E-state index in [2.05, 4.69) is 34.3 Å². The Morgan fingerprint density at radius 1 is 0.944 bits per heavy atom. The van der Waals surface area contributed by atoms with Gasteiger partial charge in [-0.2, -0.15) is 0 Å². The molecule has 0 unspecified atom stereocenters. The van der Waals surface area contributed by atoms with Gasteiger partial charge < -0.3 is 0 Å². The summed E-state index contributed by atoms with van der Waals surface area (Å²) in [6.07, 6.45) is 15.3. The van der Waals surface area contributed by atoms with Crippen LogP contribution in [0.1, 0.15) is 76.7 Å². The van der Waals surface area contributed by atoms with Crippen LogP contribution in [0.15, 0.2) is 9.85 Å². The Morgan fingerprint density at radius 2 is 1.50 bits per heavy atom. The third-order valence-corrected chi connectivity index (χ3v) is 4.76. The first-order chi connectivity index (χ1) is 8.83. The molecule has 1 rings (SSSR count). The van der Waals surface area contributed by atoms with Gasteiger partial charge in [0.15, 0.2) is 0 Å². The van der Waals surface area contributed by atoms with Crippen LogP contribution >= 0.6 is 27.3 Å². The van der Waals surface area contributed by atoms with Gasteiger partial charge in [-0.1, -0.05) is 64.7 Å². The molecular weight excluding hydrogens is 304 g/mol. The van der Waals surface area contributed by atoms with Gasteiger partial charge >= 0.3 is 0 Å². The zero-order valence-electron chi connectivity index (χ0n) is 11.6. The van der Waals surface area contributed by atoms with E-state index in [-0.39, 0.29) is 0 Å². The molecule has 103 valence electrons. The molecule has 1 heterocycles. The predicted octanol–water partition coefficient (Wildman–Crippen LogP) is 6.77.